The number of pyridine rings is 1. The average Bonchev–Trinajstić information content (AvgIpc) is 3.25. The fourth-order valence-electron chi connectivity index (χ4n) is 4.76. The largest absolute Gasteiger partial charge is 0.345 e. The molecule has 0 unspecified atom stereocenters. The summed E-state index contributed by atoms with van der Waals surface area (Å²) >= 11 is 0. The lowest BCUT2D eigenvalue weighted by Crippen LogP contribution is -2.41. The number of aromatic amines is 1. The van der Waals surface area contributed by atoms with Crippen molar-refractivity contribution in [2.45, 2.75) is 57.8 Å². The fourth-order valence-corrected chi connectivity index (χ4v) is 4.76. The van der Waals surface area contributed by atoms with Crippen molar-refractivity contribution >= 4 is 11.8 Å². The van der Waals surface area contributed by atoms with Gasteiger partial charge >= 0.3 is 0 Å². The van der Waals surface area contributed by atoms with E-state index in [2.05, 4.69) is 15.2 Å². The average molecular weight is 424 g/mol. The third kappa shape index (κ3) is 5.32. The van der Waals surface area contributed by atoms with Crippen LogP contribution in [0.5, 0.6) is 0 Å². The minimum absolute atomic E-state index is 0.0582. The van der Waals surface area contributed by atoms with Crippen molar-refractivity contribution in [2.24, 2.45) is 5.92 Å². The molecule has 0 spiro atoms. The Balaban J connectivity index is 1.25. The molecule has 7 nitrogen and oxygen atoms in total. The van der Waals surface area contributed by atoms with Gasteiger partial charge in [-0.3, -0.25) is 19.7 Å². The number of carbonyl (C=O) groups excluding carboxylic acids is 2. The summed E-state index contributed by atoms with van der Waals surface area (Å²) in [5.74, 6) is 0.601. The highest BCUT2D eigenvalue weighted by Gasteiger charge is 2.29. The highest BCUT2D eigenvalue weighted by molar-refractivity contribution is 5.94. The molecule has 0 saturated carbocycles. The van der Waals surface area contributed by atoms with E-state index in [0.29, 0.717) is 24.6 Å². The van der Waals surface area contributed by atoms with Gasteiger partial charge in [0, 0.05) is 62.7 Å². The molecule has 0 bridgehead atoms. The second-order valence-corrected chi connectivity index (χ2v) is 8.92. The maximum absolute atomic E-state index is 13.1. The molecule has 1 aliphatic carbocycles. The molecule has 1 N–H and O–H groups in total. The van der Waals surface area contributed by atoms with Gasteiger partial charge in [-0.1, -0.05) is 6.07 Å². The van der Waals surface area contributed by atoms with Gasteiger partial charge in [0.15, 0.2) is 5.69 Å². The Morgan fingerprint density at radius 2 is 2.10 bits per heavy atom. The van der Waals surface area contributed by atoms with Crippen LogP contribution in [0.15, 0.2) is 24.4 Å². The van der Waals surface area contributed by atoms with Gasteiger partial charge in [0.2, 0.25) is 5.91 Å². The molecule has 2 amide bonds. The molecule has 1 atom stereocenters. The first-order valence-electron chi connectivity index (χ1n) is 11.6. The Labute approximate surface area is 184 Å². The van der Waals surface area contributed by atoms with Crippen LogP contribution in [0.3, 0.4) is 0 Å². The number of hydrogen-bond acceptors (Lipinski definition) is 4. The molecule has 7 heteroatoms. The smallest absolute Gasteiger partial charge is 0.274 e. The lowest BCUT2D eigenvalue weighted by Gasteiger charge is -2.33. The Morgan fingerprint density at radius 3 is 2.94 bits per heavy atom. The number of aromatic nitrogens is 3. The van der Waals surface area contributed by atoms with E-state index in [1.807, 2.05) is 30.1 Å². The summed E-state index contributed by atoms with van der Waals surface area (Å²) in [4.78, 5) is 33.8. The zero-order chi connectivity index (χ0) is 21.6. The van der Waals surface area contributed by atoms with Crippen LogP contribution in [-0.2, 0) is 24.1 Å². The molecule has 3 heterocycles. The fraction of sp³-hybridized carbons (Fsp3) is 0.583. The maximum atomic E-state index is 13.1. The molecule has 2 aromatic heterocycles. The van der Waals surface area contributed by atoms with Crippen LogP contribution in [-0.4, -0.2) is 63.5 Å². The standard InChI is InChI=1S/C24H33N5O2/c1-28(16-13-19-8-4-5-14-25-19)22(30)12-11-18-7-6-15-29(17-18)24(31)23-20-9-2-3-10-21(20)26-27-23/h4-5,8,14,18H,2-3,6-7,9-13,15-17H2,1H3,(H,26,27)/t18-/m0/s1. The SMILES string of the molecule is CN(CCc1ccccn1)C(=O)CC[C@@H]1CCCN(C(=O)c2n[nH]c3c2CCCC3)C1. The van der Waals surface area contributed by atoms with E-state index < -0.39 is 0 Å². The topological polar surface area (TPSA) is 82.2 Å². The van der Waals surface area contributed by atoms with E-state index in [1.165, 1.54) is 6.42 Å². The summed E-state index contributed by atoms with van der Waals surface area (Å²) in [6.07, 6.45) is 10.2. The molecule has 1 saturated heterocycles. The van der Waals surface area contributed by atoms with Crippen LogP contribution in [0.2, 0.25) is 0 Å². The van der Waals surface area contributed by atoms with Gasteiger partial charge in [0.25, 0.3) is 5.91 Å². The van der Waals surface area contributed by atoms with Crippen LogP contribution in [0.4, 0.5) is 0 Å². The van der Waals surface area contributed by atoms with Crippen LogP contribution in [0.1, 0.15) is 66.0 Å². The summed E-state index contributed by atoms with van der Waals surface area (Å²) < 4.78 is 0. The summed E-state index contributed by atoms with van der Waals surface area (Å²) in [6, 6.07) is 5.86. The van der Waals surface area contributed by atoms with E-state index in [-0.39, 0.29) is 11.8 Å². The highest BCUT2D eigenvalue weighted by atomic mass is 16.2. The highest BCUT2D eigenvalue weighted by Crippen LogP contribution is 2.26. The van der Waals surface area contributed by atoms with Gasteiger partial charge in [-0.2, -0.15) is 5.10 Å². The van der Waals surface area contributed by atoms with Gasteiger partial charge in [-0.05, 0) is 63.0 Å². The number of nitrogens with one attached hydrogen (secondary N) is 1. The lowest BCUT2D eigenvalue weighted by atomic mass is 9.92. The Morgan fingerprint density at radius 1 is 1.23 bits per heavy atom. The summed E-state index contributed by atoms with van der Waals surface area (Å²) in [6.45, 7) is 2.19. The van der Waals surface area contributed by atoms with Gasteiger partial charge in [0.1, 0.15) is 0 Å². The quantitative estimate of drug-likeness (QED) is 0.742. The van der Waals surface area contributed by atoms with Crippen LogP contribution in [0.25, 0.3) is 0 Å². The van der Waals surface area contributed by atoms with Gasteiger partial charge in [-0.15, -0.1) is 0 Å². The van der Waals surface area contributed by atoms with Crippen molar-refractivity contribution in [1.82, 2.24) is 25.0 Å². The molecule has 4 rings (SSSR count). The molecule has 31 heavy (non-hydrogen) atoms. The zero-order valence-corrected chi connectivity index (χ0v) is 18.5. The molecule has 0 aromatic carbocycles. The molecular weight excluding hydrogens is 390 g/mol. The monoisotopic (exact) mass is 423 g/mol. The number of carbonyl (C=O) groups is 2. The van der Waals surface area contributed by atoms with Crippen LogP contribution in [0, 0.1) is 5.92 Å². The first-order chi connectivity index (χ1) is 15.1. The number of fused-ring (bicyclic) bond motifs is 1. The second kappa shape index (κ2) is 10.1. The van der Waals surface area contributed by atoms with Crippen molar-refractivity contribution < 1.29 is 9.59 Å². The number of hydrogen-bond donors (Lipinski definition) is 1. The predicted molar refractivity (Wildman–Crippen MR) is 119 cm³/mol. The van der Waals surface area contributed by atoms with Crippen molar-refractivity contribution in [2.75, 3.05) is 26.7 Å². The lowest BCUT2D eigenvalue weighted by molar-refractivity contribution is -0.130. The number of H-pyrrole nitrogens is 1. The predicted octanol–water partition coefficient (Wildman–Crippen LogP) is 3.02. The Bertz CT molecular complexity index is 895. The van der Waals surface area contributed by atoms with Gasteiger partial charge < -0.3 is 9.80 Å². The van der Waals surface area contributed by atoms with Crippen molar-refractivity contribution in [3.8, 4) is 0 Å². The number of amides is 2. The number of nitrogens with zero attached hydrogens (tertiary/aromatic N) is 4. The molecule has 166 valence electrons. The molecule has 1 fully saturated rings. The van der Waals surface area contributed by atoms with Crippen LogP contribution >= 0.6 is 0 Å². The number of likely N-dealkylation sites (tertiary alicyclic amines) is 1. The Kier molecular flexibility index (Phi) is 6.99. The third-order valence-corrected chi connectivity index (χ3v) is 6.69. The van der Waals surface area contributed by atoms with E-state index in [4.69, 9.17) is 0 Å². The van der Waals surface area contributed by atoms with E-state index >= 15 is 0 Å². The summed E-state index contributed by atoms with van der Waals surface area (Å²) in [7, 11) is 1.86. The molecule has 2 aliphatic rings. The Hall–Kier alpha value is -2.70. The van der Waals surface area contributed by atoms with E-state index in [1.54, 1.807) is 11.1 Å². The van der Waals surface area contributed by atoms with Crippen LogP contribution < -0.4 is 0 Å². The molecular formula is C24H33N5O2. The maximum Gasteiger partial charge on any atom is 0.274 e. The molecule has 2 aromatic rings. The molecule has 1 aliphatic heterocycles. The van der Waals surface area contributed by atoms with E-state index in [0.717, 1.165) is 75.0 Å². The third-order valence-electron chi connectivity index (χ3n) is 6.69. The summed E-state index contributed by atoms with van der Waals surface area (Å²) in [5, 5.41) is 7.44. The van der Waals surface area contributed by atoms with Gasteiger partial charge in [-0.25, -0.2) is 0 Å². The minimum Gasteiger partial charge on any atom is -0.345 e. The first kappa shape index (κ1) is 21.5. The summed E-state index contributed by atoms with van der Waals surface area (Å²) in [5.41, 5.74) is 3.90. The molecule has 0 radical (unpaired) electrons. The second-order valence-electron chi connectivity index (χ2n) is 8.92. The number of rotatable bonds is 7. The number of piperidine rings is 1. The minimum atomic E-state index is 0.0582. The van der Waals surface area contributed by atoms with Crippen molar-refractivity contribution in [3.05, 3.63) is 47.0 Å². The normalized spacial score (nSPS) is 18.5. The van der Waals surface area contributed by atoms with Crippen molar-refractivity contribution in [3.63, 3.8) is 0 Å². The number of likely N-dealkylation sites (N-methyl/N-ethyl adjacent to an activating group) is 1. The zero-order valence-electron chi connectivity index (χ0n) is 18.5. The van der Waals surface area contributed by atoms with E-state index in [9.17, 15) is 9.59 Å². The van der Waals surface area contributed by atoms with Gasteiger partial charge in [0.05, 0.1) is 0 Å². The first-order valence-corrected chi connectivity index (χ1v) is 11.6. The van der Waals surface area contributed by atoms with Crippen molar-refractivity contribution in [1.29, 1.82) is 0 Å². The number of aryl methyl sites for hydroxylation is 1.